The van der Waals surface area contributed by atoms with Gasteiger partial charge in [0.05, 0.1) is 0 Å². The molecule has 2 aliphatic rings. The average molecular weight is 488 g/mol. The second-order valence-corrected chi connectivity index (χ2v) is 8.81. The molecule has 35 heavy (non-hydrogen) atoms. The van der Waals surface area contributed by atoms with E-state index in [0.717, 1.165) is 18.2 Å². The van der Waals surface area contributed by atoms with Gasteiger partial charge in [-0.1, -0.05) is 32.0 Å². The molecule has 8 nitrogen and oxygen atoms in total. The smallest absolute Gasteiger partial charge is 0.267 e. The number of halogens is 2. The number of para-hydroxylation sites is 2. The molecule has 2 atom stereocenters. The van der Waals surface area contributed by atoms with E-state index in [2.05, 4.69) is 5.32 Å². The molecule has 186 valence electrons. The molecule has 1 fully saturated rings. The van der Waals surface area contributed by atoms with Crippen molar-refractivity contribution in [2.45, 2.75) is 26.0 Å². The van der Waals surface area contributed by atoms with Gasteiger partial charge in [-0.3, -0.25) is 14.4 Å². The van der Waals surface area contributed by atoms with Crippen molar-refractivity contribution in [1.29, 1.82) is 0 Å². The lowest BCUT2D eigenvalue weighted by Crippen LogP contribution is -2.59. The molecule has 0 aromatic heterocycles. The van der Waals surface area contributed by atoms with Gasteiger partial charge in [0.25, 0.3) is 11.8 Å². The van der Waals surface area contributed by atoms with Gasteiger partial charge in [0.2, 0.25) is 12.0 Å². The highest BCUT2D eigenvalue weighted by molar-refractivity contribution is 5.98. The van der Waals surface area contributed by atoms with E-state index in [0.29, 0.717) is 11.5 Å². The van der Waals surface area contributed by atoms with Crippen LogP contribution in [0.1, 0.15) is 24.2 Å². The lowest BCUT2D eigenvalue weighted by molar-refractivity contribution is -0.147. The second-order valence-electron chi connectivity index (χ2n) is 8.81. The van der Waals surface area contributed by atoms with Gasteiger partial charge in [0.15, 0.2) is 11.5 Å². The summed E-state index contributed by atoms with van der Waals surface area (Å²) in [5, 5.41) is 2.48. The Labute approximate surface area is 201 Å². The molecule has 2 aliphatic heterocycles. The first-order chi connectivity index (χ1) is 16.8. The van der Waals surface area contributed by atoms with E-state index >= 15 is 0 Å². The molecule has 4 rings (SSSR count). The van der Waals surface area contributed by atoms with Crippen LogP contribution in [0.15, 0.2) is 42.5 Å². The van der Waals surface area contributed by atoms with Crippen LogP contribution in [-0.2, 0) is 9.59 Å². The molecule has 2 unspecified atom stereocenters. The fourth-order valence-electron chi connectivity index (χ4n) is 4.13. The quantitative estimate of drug-likeness (QED) is 0.699. The first-order valence-electron chi connectivity index (χ1n) is 11.5. The largest absolute Gasteiger partial charge is 0.485 e. The third kappa shape index (κ3) is 5.21. The fourth-order valence-corrected chi connectivity index (χ4v) is 4.13. The topological polar surface area (TPSA) is 88.2 Å². The lowest BCUT2D eigenvalue weighted by Gasteiger charge is -2.38. The SMILES string of the molecule is CC(C)C(NC(=O)c1c(F)cccc1F)C(=O)N1CCN(C(=O)C2COc3ccccc3O2)CC1. The zero-order chi connectivity index (χ0) is 25.1. The van der Waals surface area contributed by atoms with Crippen LogP contribution in [0.4, 0.5) is 8.78 Å². The van der Waals surface area contributed by atoms with Crippen molar-refractivity contribution < 1.29 is 32.6 Å². The number of nitrogens with zero attached hydrogens (tertiary/aromatic N) is 2. The van der Waals surface area contributed by atoms with Gasteiger partial charge in [-0.2, -0.15) is 0 Å². The Hall–Kier alpha value is -3.69. The van der Waals surface area contributed by atoms with Crippen LogP contribution >= 0.6 is 0 Å². The fraction of sp³-hybridized carbons (Fsp3) is 0.400. The number of carbonyl (C=O) groups excluding carboxylic acids is 3. The summed E-state index contributed by atoms with van der Waals surface area (Å²) in [5.41, 5.74) is -0.724. The van der Waals surface area contributed by atoms with Crippen molar-refractivity contribution in [3.8, 4) is 11.5 Å². The van der Waals surface area contributed by atoms with Crippen molar-refractivity contribution >= 4 is 17.7 Å². The summed E-state index contributed by atoms with van der Waals surface area (Å²) in [5.74, 6) is -2.82. The maximum atomic E-state index is 14.0. The Balaban J connectivity index is 1.35. The van der Waals surface area contributed by atoms with Gasteiger partial charge in [0.1, 0.15) is 29.8 Å². The van der Waals surface area contributed by atoms with Crippen LogP contribution < -0.4 is 14.8 Å². The average Bonchev–Trinajstić information content (AvgIpc) is 2.86. The van der Waals surface area contributed by atoms with Crippen molar-refractivity contribution in [1.82, 2.24) is 15.1 Å². The Kier molecular flexibility index (Phi) is 7.18. The van der Waals surface area contributed by atoms with E-state index in [4.69, 9.17) is 9.47 Å². The van der Waals surface area contributed by atoms with E-state index in [9.17, 15) is 23.2 Å². The third-order valence-electron chi connectivity index (χ3n) is 6.10. The first-order valence-corrected chi connectivity index (χ1v) is 11.5. The van der Waals surface area contributed by atoms with Crippen LogP contribution in [0.2, 0.25) is 0 Å². The molecule has 1 N–H and O–H groups in total. The standard InChI is InChI=1S/C25H27F2N3O5/c1-15(2)22(28-23(31)21-16(26)6-5-7-17(21)27)25(33)30-12-10-29(11-13-30)24(32)20-14-34-18-8-3-4-9-19(18)35-20/h3-9,15,20,22H,10-14H2,1-2H3,(H,28,31). The van der Waals surface area contributed by atoms with Crippen LogP contribution in [-0.4, -0.2) is 72.5 Å². The Morgan fingerprint density at radius 2 is 1.51 bits per heavy atom. The van der Waals surface area contributed by atoms with Crippen LogP contribution in [0.5, 0.6) is 11.5 Å². The maximum Gasteiger partial charge on any atom is 0.267 e. The molecule has 3 amide bonds. The first kappa shape index (κ1) is 24.4. The summed E-state index contributed by atoms with van der Waals surface area (Å²) in [6, 6.07) is 9.28. The summed E-state index contributed by atoms with van der Waals surface area (Å²) in [4.78, 5) is 41.8. The molecule has 0 radical (unpaired) electrons. The predicted octanol–water partition coefficient (Wildman–Crippen LogP) is 2.23. The van der Waals surface area contributed by atoms with Gasteiger partial charge < -0.3 is 24.6 Å². The summed E-state index contributed by atoms with van der Waals surface area (Å²) < 4.78 is 39.4. The highest BCUT2D eigenvalue weighted by atomic mass is 19.1. The predicted molar refractivity (Wildman–Crippen MR) is 122 cm³/mol. The molecule has 0 spiro atoms. The van der Waals surface area contributed by atoms with Crippen molar-refractivity contribution in [2.75, 3.05) is 32.8 Å². The number of ether oxygens (including phenoxy) is 2. The number of benzene rings is 2. The van der Waals surface area contributed by atoms with E-state index in [1.165, 1.54) is 0 Å². The molecule has 10 heteroatoms. The van der Waals surface area contributed by atoms with E-state index in [-0.39, 0.29) is 50.5 Å². The number of amides is 3. The molecule has 0 aliphatic carbocycles. The highest BCUT2D eigenvalue weighted by Crippen LogP contribution is 2.31. The van der Waals surface area contributed by atoms with Gasteiger partial charge >= 0.3 is 0 Å². The number of piperazine rings is 1. The molecule has 0 bridgehead atoms. The van der Waals surface area contributed by atoms with E-state index in [1.807, 2.05) is 6.07 Å². The van der Waals surface area contributed by atoms with Gasteiger partial charge in [-0.05, 0) is 30.2 Å². The molecule has 1 saturated heterocycles. The van der Waals surface area contributed by atoms with Gasteiger partial charge in [-0.15, -0.1) is 0 Å². The summed E-state index contributed by atoms with van der Waals surface area (Å²) in [6.07, 6.45) is -0.773. The van der Waals surface area contributed by atoms with Gasteiger partial charge in [-0.25, -0.2) is 8.78 Å². The van der Waals surface area contributed by atoms with Gasteiger partial charge in [0, 0.05) is 26.2 Å². The minimum atomic E-state index is -0.999. The summed E-state index contributed by atoms with van der Waals surface area (Å²) in [6.45, 7) is 4.64. The Bertz CT molecular complexity index is 1100. The van der Waals surface area contributed by atoms with Crippen LogP contribution in [0.25, 0.3) is 0 Å². The number of fused-ring (bicyclic) bond motifs is 1. The molecular formula is C25H27F2N3O5. The molecule has 0 saturated carbocycles. The maximum absolute atomic E-state index is 14.0. The number of nitrogens with one attached hydrogen (secondary N) is 1. The Morgan fingerprint density at radius 3 is 2.14 bits per heavy atom. The van der Waals surface area contributed by atoms with E-state index in [1.54, 1.807) is 41.8 Å². The third-order valence-corrected chi connectivity index (χ3v) is 6.10. The highest BCUT2D eigenvalue weighted by Gasteiger charge is 2.36. The van der Waals surface area contributed by atoms with Crippen molar-refractivity contribution in [3.05, 3.63) is 59.7 Å². The second kappa shape index (κ2) is 10.3. The minimum absolute atomic E-state index is 0.100. The van der Waals surface area contributed by atoms with Crippen LogP contribution in [0, 0.1) is 17.6 Å². The molecular weight excluding hydrogens is 460 g/mol. The molecule has 2 aromatic carbocycles. The Morgan fingerprint density at radius 1 is 0.914 bits per heavy atom. The normalized spacial score (nSPS) is 18.3. The number of hydrogen-bond donors (Lipinski definition) is 1. The summed E-state index contributed by atoms with van der Waals surface area (Å²) in [7, 11) is 0. The number of hydrogen-bond acceptors (Lipinski definition) is 5. The number of carbonyl (C=O) groups is 3. The van der Waals surface area contributed by atoms with Crippen molar-refractivity contribution in [2.24, 2.45) is 5.92 Å². The zero-order valence-electron chi connectivity index (χ0n) is 19.5. The monoisotopic (exact) mass is 487 g/mol. The summed E-state index contributed by atoms with van der Waals surface area (Å²) >= 11 is 0. The zero-order valence-corrected chi connectivity index (χ0v) is 19.5. The lowest BCUT2D eigenvalue weighted by atomic mass is 10.0. The number of rotatable bonds is 5. The molecule has 2 heterocycles. The van der Waals surface area contributed by atoms with Crippen molar-refractivity contribution in [3.63, 3.8) is 0 Å². The van der Waals surface area contributed by atoms with Crippen LogP contribution in [0.3, 0.4) is 0 Å². The molecule has 2 aromatic rings. The minimum Gasteiger partial charge on any atom is -0.485 e. The van der Waals surface area contributed by atoms with E-state index < -0.39 is 35.3 Å².